The summed E-state index contributed by atoms with van der Waals surface area (Å²) >= 11 is 0. The molecule has 1 amide bonds. The second-order valence-electron chi connectivity index (χ2n) is 17.1. The fourth-order valence-corrected chi connectivity index (χ4v) is 9.91. The Kier molecular flexibility index (Phi) is 9.39. The lowest BCUT2D eigenvalue weighted by atomic mass is 9.49. The monoisotopic (exact) mass is 729 g/mol. The molecule has 0 aromatic heterocycles. The molecule has 1 unspecified atom stereocenters. The third kappa shape index (κ3) is 6.28. The van der Waals surface area contributed by atoms with E-state index in [1.165, 1.54) is 7.11 Å². The Morgan fingerprint density at radius 2 is 1.66 bits per heavy atom. The lowest BCUT2D eigenvalue weighted by molar-refractivity contribution is -0.248. The van der Waals surface area contributed by atoms with Gasteiger partial charge >= 0.3 is 18.0 Å². The molecule has 1 spiro atoms. The van der Waals surface area contributed by atoms with Crippen molar-refractivity contribution in [2.75, 3.05) is 13.7 Å². The Balaban J connectivity index is 1.27. The first kappa shape index (κ1) is 37.3. The van der Waals surface area contributed by atoms with Crippen LogP contribution in [-0.4, -0.2) is 78.3 Å². The van der Waals surface area contributed by atoms with Crippen LogP contribution in [0.1, 0.15) is 89.2 Å². The number of carbonyl (C=O) groups excluding carboxylic acids is 4. The van der Waals surface area contributed by atoms with Crippen LogP contribution in [0, 0.1) is 28.6 Å². The predicted molar refractivity (Wildman–Crippen MR) is 192 cm³/mol. The van der Waals surface area contributed by atoms with Gasteiger partial charge < -0.3 is 34.1 Å². The maximum absolute atomic E-state index is 15.0. The van der Waals surface area contributed by atoms with Crippen molar-refractivity contribution in [3.63, 3.8) is 0 Å². The molecule has 2 N–H and O–H groups in total. The normalized spacial score (nSPS) is 34.4. The minimum atomic E-state index is -1.80. The Labute approximate surface area is 310 Å². The van der Waals surface area contributed by atoms with Crippen LogP contribution in [0.3, 0.4) is 0 Å². The summed E-state index contributed by atoms with van der Waals surface area (Å²) in [5, 5.41) is 16.2. The fourth-order valence-electron chi connectivity index (χ4n) is 9.91. The minimum absolute atomic E-state index is 0.00425. The van der Waals surface area contributed by atoms with Gasteiger partial charge in [0.25, 0.3) is 0 Å². The number of aliphatic hydroxyl groups is 1. The van der Waals surface area contributed by atoms with Gasteiger partial charge in [-0.2, -0.15) is 0 Å². The summed E-state index contributed by atoms with van der Waals surface area (Å²) < 4.78 is 30.3. The molecule has 53 heavy (non-hydrogen) atoms. The van der Waals surface area contributed by atoms with Crippen LogP contribution in [-0.2, 0) is 33.3 Å². The van der Waals surface area contributed by atoms with Crippen molar-refractivity contribution in [1.29, 1.82) is 0 Å². The van der Waals surface area contributed by atoms with E-state index in [0.717, 1.165) is 6.42 Å². The quantitative estimate of drug-likeness (QED) is 0.191. The molecule has 3 saturated carbocycles. The molecule has 7 rings (SSSR count). The molecule has 1 saturated heterocycles. The zero-order valence-corrected chi connectivity index (χ0v) is 31.5. The molecule has 5 aliphatic rings. The standard InChI is InChI=1S/C42H51NO10/c1-23-30(51-31(44)19-28(24-14-10-8-11-15-24)43-38(47)53-39(2,3)4)21-42(48)36(52-37(46)25-16-12-9-13-17-25)33-27-22-50-29(27)18-26-20-41(26,33)35(45)34(49-7)32(23)40(42,5)6/h8-17,26-30,33-34,36,48H,18-22H2,1-7H3,(H,43,47)/t26-,27-,28-,29-,30+,33?,34-,36+,41-,42-/m1/s1. The third-order valence-corrected chi connectivity index (χ3v) is 12.6. The average Bonchev–Trinajstić information content (AvgIpc) is 3.83. The Hall–Kier alpha value is -4.06. The zero-order chi connectivity index (χ0) is 38.1. The predicted octanol–water partition coefficient (Wildman–Crippen LogP) is 5.90. The summed E-state index contributed by atoms with van der Waals surface area (Å²) in [6, 6.07) is 16.9. The first-order valence-corrected chi connectivity index (χ1v) is 18.6. The average molecular weight is 730 g/mol. The number of carbonyl (C=O) groups is 4. The number of Topliss-reactive ketones (excluding diaryl/α,β-unsaturated/α-hetero) is 1. The van der Waals surface area contributed by atoms with Crippen LogP contribution >= 0.6 is 0 Å². The van der Waals surface area contributed by atoms with Crippen molar-refractivity contribution in [3.8, 4) is 0 Å². The van der Waals surface area contributed by atoms with E-state index < -0.39 is 70.3 Å². The Morgan fingerprint density at radius 1 is 1.00 bits per heavy atom. The molecule has 10 atom stereocenters. The molecule has 11 heteroatoms. The molecular formula is C42H51NO10. The van der Waals surface area contributed by atoms with E-state index in [0.29, 0.717) is 35.3 Å². The fraction of sp³-hybridized carbons (Fsp3) is 0.571. The lowest BCUT2D eigenvalue weighted by Gasteiger charge is -2.61. The molecule has 284 valence electrons. The zero-order valence-electron chi connectivity index (χ0n) is 31.5. The van der Waals surface area contributed by atoms with Gasteiger partial charge in [-0.1, -0.05) is 62.4 Å². The van der Waals surface area contributed by atoms with Crippen molar-refractivity contribution >= 4 is 23.8 Å². The number of ketones is 1. The molecule has 2 aromatic rings. The molecular weight excluding hydrogens is 678 g/mol. The number of methoxy groups -OCH3 is 1. The SMILES string of the molecule is CO[C@H]1C(=O)[C@]23C[C@H]2C[C@H]2OC[C@H]2C3[C@H](OC(=O)c2ccccc2)[C@]2(O)C[C@H](OC(=O)C[C@@H](NC(=O)OC(C)(C)C)c3ccccc3)C(C)=C1C2(C)C. The number of hydrogen-bond acceptors (Lipinski definition) is 10. The molecule has 11 nitrogen and oxygen atoms in total. The van der Waals surface area contributed by atoms with Gasteiger partial charge in [-0.3, -0.25) is 9.59 Å². The number of nitrogens with one attached hydrogen (secondary N) is 1. The van der Waals surface area contributed by atoms with E-state index in [1.54, 1.807) is 63.2 Å². The largest absolute Gasteiger partial charge is 0.458 e. The van der Waals surface area contributed by atoms with E-state index in [2.05, 4.69) is 5.32 Å². The van der Waals surface area contributed by atoms with E-state index in [9.17, 15) is 24.3 Å². The van der Waals surface area contributed by atoms with Gasteiger partial charge in [-0.05, 0) is 75.3 Å². The van der Waals surface area contributed by atoms with Gasteiger partial charge in [0.2, 0.25) is 0 Å². The summed E-state index contributed by atoms with van der Waals surface area (Å²) in [7, 11) is 1.50. The summed E-state index contributed by atoms with van der Waals surface area (Å²) in [4.78, 5) is 55.8. The van der Waals surface area contributed by atoms with E-state index in [-0.39, 0.29) is 36.6 Å². The van der Waals surface area contributed by atoms with Crippen LogP contribution < -0.4 is 5.32 Å². The smallest absolute Gasteiger partial charge is 0.408 e. The van der Waals surface area contributed by atoms with Crippen molar-refractivity contribution in [3.05, 3.63) is 82.9 Å². The molecule has 0 radical (unpaired) electrons. The first-order chi connectivity index (χ1) is 25.0. The van der Waals surface area contributed by atoms with Gasteiger partial charge in [0.15, 0.2) is 5.78 Å². The van der Waals surface area contributed by atoms with Gasteiger partial charge in [-0.25, -0.2) is 9.59 Å². The maximum atomic E-state index is 15.0. The highest BCUT2D eigenvalue weighted by molar-refractivity contribution is 5.96. The number of rotatable bonds is 8. The third-order valence-electron chi connectivity index (χ3n) is 12.6. The summed E-state index contributed by atoms with van der Waals surface area (Å²) in [5.41, 5.74) is -2.45. The van der Waals surface area contributed by atoms with Crippen LogP contribution in [0.2, 0.25) is 0 Å². The molecule has 2 aromatic carbocycles. The van der Waals surface area contributed by atoms with Crippen LogP contribution in [0.5, 0.6) is 0 Å². The van der Waals surface area contributed by atoms with E-state index in [1.807, 2.05) is 39.0 Å². The highest BCUT2D eigenvalue weighted by Crippen LogP contribution is 2.73. The molecule has 1 heterocycles. The van der Waals surface area contributed by atoms with E-state index in [4.69, 9.17) is 23.7 Å². The number of esters is 2. The number of hydrogen-bond donors (Lipinski definition) is 2. The molecule has 2 bridgehead atoms. The summed E-state index contributed by atoms with van der Waals surface area (Å²) in [6.45, 7) is 11.2. The first-order valence-electron chi connectivity index (χ1n) is 18.6. The van der Waals surface area contributed by atoms with Crippen LogP contribution in [0.4, 0.5) is 4.79 Å². The van der Waals surface area contributed by atoms with Gasteiger partial charge in [0.1, 0.15) is 29.5 Å². The number of ether oxygens (including phenoxy) is 5. The van der Waals surface area contributed by atoms with Gasteiger partial charge in [-0.15, -0.1) is 0 Å². The van der Waals surface area contributed by atoms with Crippen molar-refractivity contribution < 1.29 is 48.0 Å². The van der Waals surface area contributed by atoms with Crippen LogP contribution in [0.25, 0.3) is 0 Å². The Bertz CT molecular complexity index is 1800. The van der Waals surface area contributed by atoms with Crippen molar-refractivity contribution in [2.45, 2.75) is 109 Å². The summed E-state index contributed by atoms with van der Waals surface area (Å²) in [5.74, 6) is -2.00. The molecule has 4 aliphatic carbocycles. The summed E-state index contributed by atoms with van der Waals surface area (Å²) in [6.07, 6.45) is -2.96. The van der Waals surface area contributed by atoms with Crippen molar-refractivity contribution in [1.82, 2.24) is 5.32 Å². The second kappa shape index (κ2) is 13.4. The minimum Gasteiger partial charge on any atom is -0.458 e. The molecule has 4 fully saturated rings. The van der Waals surface area contributed by atoms with Crippen molar-refractivity contribution in [2.24, 2.45) is 28.6 Å². The number of benzene rings is 2. The highest BCUT2D eigenvalue weighted by Gasteiger charge is 2.78. The Morgan fingerprint density at radius 3 is 2.26 bits per heavy atom. The van der Waals surface area contributed by atoms with Gasteiger partial charge in [0, 0.05) is 36.2 Å². The molecule has 1 aliphatic heterocycles. The lowest BCUT2D eigenvalue weighted by Crippen LogP contribution is -2.71. The topological polar surface area (TPSA) is 147 Å². The maximum Gasteiger partial charge on any atom is 0.408 e. The number of alkyl carbamates (subject to hydrolysis) is 1. The second-order valence-corrected chi connectivity index (χ2v) is 17.1. The van der Waals surface area contributed by atoms with Gasteiger partial charge in [0.05, 0.1) is 30.7 Å². The van der Waals surface area contributed by atoms with Crippen LogP contribution in [0.15, 0.2) is 71.8 Å². The highest BCUT2D eigenvalue weighted by atomic mass is 16.6. The van der Waals surface area contributed by atoms with E-state index >= 15 is 0 Å². The number of amides is 1. The number of fused-ring (bicyclic) bond motifs is 4.